The van der Waals surface area contributed by atoms with Gasteiger partial charge in [-0.05, 0) is 54.9 Å². The zero-order valence-electron chi connectivity index (χ0n) is 14.0. The van der Waals surface area contributed by atoms with Crippen LogP contribution in [0.2, 0.25) is 0 Å². The van der Waals surface area contributed by atoms with E-state index in [1.165, 1.54) is 0 Å². The molecule has 0 heterocycles. The quantitative estimate of drug-likeness (QED) is 0.637. The number of terminal acetylenes is 1. The van der Waals surface area contributed by atoms with Gasteiger partial charge in [0.2, 0.25) is 0 Å². The zero-order valence-corrected chi connectivity index (χ0v) is 14.0. The van der Waals surface area contributed by atoms with E-state index < -0.39 is 0 Å². The Balaban J connectivity index is 1.75. The third-order valence-corrected chi connectivity index (χ3v) is 7.52. The molecule has 0 N–H and O–H groups in total. The highest BCUT2D eigenvalue weighted by Crippen LogP contribution is 2.64. The number of carbonyl (C=O) groups is 2. The van der Waals surface area contributed by atoms with Crippen molar-refractivity contribution in [1.82, 2.24) is 0 Å². The van der Waals surface area contributed by atoms with Crippen molar-refractivity contribution >= 4 is 11.6 Å². The maximum Gasteiger partial charge on any atom is 0.159 e. The maximum absolute atomic E-state index is 12.8. The second-order valence-electron chi connectivity index (χ2n) is 8.40. The third kappa shape index (κ3) is 1.83. The molecule has 2 saturated carbocycles. The van der Waals surface area contributed by atoms with Crippen LogP contribution in [0.4, 0.5) is 0 Å². The average Bonchev–Trinajstić information content (AvgIpc) is 2.86. The van der Waals surface area contributed by atoms with Crippen molar-refractivity contribution in [2.24, 2.45) is 28.6 Å². The number of hydrogen-bond acceptors (Lipinski definition) is 2. The smallest absolute Gasteiger partial charge is 0.159 e. The van der Waals surface area contributed by atoms with Crippen molar-refractivity contribution in [1.29, 1.82) is 0 Å². The lowest BCUT2D eigenvalue weighted by molar-refractivity contribution is -0.129. The minimum Gasteiger partial charge on any atom is -0.295 e. The summed E-state index contributed by atoms with van der Waals surface area (Å²) in [6.45, 7) is 4.53. The molecule has 4 aliphatic rings. The number of allylic oxidation sites excluding steroid dienone is 4. The highest BCUT2D eigenvalue weighted by Gasteiger charge is 2.58. The van der Waals surface area contributed by atoms with Crippen LogP contribution in [0.5, 0.6) is 0 Å². The van der Waals surface area contributed by atoms with Crippen LogP contribution in [0.1, 0.15) is 52.4 Å². The van der Waals surface area contributed by atoms with E-state index in [2.05, 4.69) is 25.8 Å². The van der Waals surface area contributed by atoms with Crippen LogP contribution in [-0.4, -0.2) is 11.6 Å². The molecule has 0 aromatic heterocycles. The van der Waals surface area contributed by atoms with Gasteiger partial charge in [-0.25, -0.2) is 0 Å². The minimum atomic E-state index is -0.103. The number of Topliss-reactive ketones (excluding diaryl/α,β-unsaturated/α-hetero) is 1. The summed E-state index contributed by atoms with van der Waals surface area (Å²) in [5.41, 5.74) is 1.95. The lowest BCUT2D eigenvalue weighted by Gasteiger charge is -2.56. The molecule has 5 atom stereocenters. The van der Waals surface area contributed by atoms with Crippen molar-refractivity contribution in [2.45, 2.75) is 52.4 Å². The van der Waals surface area contributed by atoms with Crippen molar-refractivity contribution in [2.75, 3.05) is 0 Å². The molecule has 4 rings (SSSR count). The second kappa shape index (κ2) is 4.69. The first-order valence-electron chi connectivity index (χ1n) is 8.85. The molecule has 0 radical (unpaired) electrons. The Kier molecular flexibility index (Phi) is 3.05. The molecule has 2 fully saturated rings. The first-order chi connectivity index (χ1) is 10.9. The topological polar surface area (TPSA) is 34.1 Å². The number of carbonyl (C=O) groups excluding carboxylic acids is 2. The summed E-state index contributed by atoms with van der Waals surface area (Å²) in [7, 11) is 0. The first-order valence-corrected chi connectivity index (χ1v) is 8.85. The van der Waals surface area contributed by atoms with Crippen molar-refractivity contribution < 1.29 is 9.59 Å². The molecule has 4 aliphatic carbocycles. The van der Waals surface area contributed by atoms with Crippen LogP contribution >= 0.6 is 0 Å². The van der Waals surface area contributed by atoms with Crippen LogP contribution in [0.3, 0.4) is 0 Å². The van der Waals surface area contributed by atoms with E-state index in [1.54, 1.807) is 6.08 Å². The number of hydrogen-bond donors (Lipinski definition) is 0. The van der Waals surface area contributed by atoms with Crippen LogP contribution in [0, 0.1) is 40.9 Å². The van der Waals surface area contributed by atoms with Crippen molar-refractivity contribution in [3.05, 3.63) is 23.3 Å². The SMILES string of the molecule is C#CC1=CCC2C3CC(=O)C4=CC(=O)CCC4(C)C3CCC12C. The minimum absolute atomic E-state index is 0.0816. The Hall–Kier alpha value is -1.62. The van der Waals surface area contributed by atoms with Crippen LogP contribution < -0.4 is 0 Å². The maximum atomic E-state index is 12.8. The summed E-state index contributed by atoms with van der Waals surface area (Å²) in [5.74, 6) is 4.66. The first kappa shape index (κ1) is 14.9. The molecule has 0 spiro atoms. The van der Waals surface area contributed by atoms with Gasteiger partial charge in [0.1, 0.15) is 0 Å². The van der Waals surface area contributed by atoms with E-state index in [1.807, 2.05) is 0 Å². The van der Waals surface area contributed by atoms with Crippen molar-refractivity contribution in [3.8, 4) is 12.3 Å². The van der Waals surface area contributed by atoms with Crippen LogP contribution in [0.25, 0.3) is 0 Å². The van der Waals surface area contributed by atoms with E-state index >= 15 is 0 Å². The molecule has 0 aliphatic heterocycles. The van der Waals surface area contributed by atoms with Gasteiger partial charge in [-0.1, -0.05) is 25.8 Å². The molecule has 0 saturated heterocycles. The lowest BCUT2D eigenvalue weighted by atomic mass is 9.46. The molecule has 23 heavy (non-hydrogen) atoms. The normalized spacial score (nSPS) is 45.3. The Morgan fingerprint density at radius 2 is 1.96 bits per heavy atom. The summed E-state index contributed by atoms with van der Waals surface area (Å²) < 4.78 is 0. The fourth-order valence-electron chi connectivity index (χ4n) is 6.18. The standard InChI is InChI=1S/C21H24O2/c1-4-13-5-6-16-15-12-19(23)18-11-14(22)7-9-21(18,3)17(15)8-10-20(13,16)2/h1,5,11,15-17H,6-10,12H2,2-3H3. The summed E-state index contributed by atoms with van der Waals surface area (Å²) in [6.07, 6.45) is 14.9. The highest BCUT2D eigenvalue weighted by molar-refractivity contribution is 6.05. The highest BCUT2D eigenvalue weighted by atomic mass is 16.1. The molecular formula is C21H24O2. The molecule has 0 aromatic rings. The largest absolute Gasteiger partial charge is 0.295 e. The summed E-state index contributed by atoms with van der Waals surface area (Å²) in [5, 5.41) is 0. The lowest BCUT2D eigenvalue weighted by Crippen LogP contribution is -2.52. The Morgan fingerprint density at radius 3 is 2.70 bits per heavy atom. The predicted molar refractivity (Wildman–Crippen MR) is 89.4 cm³/mol. The molecule has 120 valence electrons. The van der Waals surface area contributed by atoms with Crippen molar-refractivity contribution in [3.63, 3.8) is 0 Å². The summed E-state index contributed by atoms with van der Waals surface area (Å²) in [6, 6.07) is 0. The zero-order chi connectivity index (χ0) is 16.4. The van der Waals surface area contributed by atoms with Gasteiger partial charge in [0.25, 0.3) is 0 Å². The van der Waals surface area contributed by atoms with Gasteiger partial charge in [-0.2, -0.15) is 0 Å². The Labute approximate surface area is 138 Å². The second-order valence-corrected chi connectivity index (χ2v) is 8.40. The number of ketones is 2. The van der Waals surface area contributed by atoms with Gasteiger partial charge < -0.3 is 0 Å². The van der Waals surface area contributed by atoms with Crippen LogP contribution in [-0.2, 0) is 9.59 Å². The van der Waals surface area contributed by atoms with Gasteiger partial charge >= 0.3 is 0 Å². The Bertz CT molecular complexity index is 704. The monoisotopic (exact) mass is 308 g/mol. The fourth-order valence-corrected chi connectivity index (χ4v) is 6.18. The van der Waals surface area contributed by atoms with E-state index in [4.69, 9.17) is 6.42 Å². The molecule has 0 bridgehead atoms. The molecular weight excluding hydrogens is 284 g/mol. The van der Waals surface area contributed by atoms with Gasteiger partial charge in [0.15, 0.2) is 11.6 Å². The molecule has 0 aromatic carbocycles. The average molecular weight is 308 g/mol. The van der Waals surface area contributed by atoms with E-state index in [0.717, 1.165) is 36.8 Å². The van der Waals surface area contributed by atoms with E-state index in [0.29, 0.717) is 30.6 Å². The molecule has 2 nitrogen and oxygen atoms in total. The molecule has 0 amide bonds. The molecule has 5 unspecified atom stereocenters. The Morgan fingerprint density at radius 1 is 1.17 bits per heavy atom. The van der Waals surface area contributed by atoms with Gasteiger partial charge in [0, 0.05) is 29.4 Å². The molecule has 2 heteroatoms. The van der Waals surface area contributed by atoms with E-state index in [-0.39, 0.29) is 22.4 Å². The summed E-state index contributed by atoms with van der Waals surface area (Å²) in [4.78, 5) is 24.6. The fraction of sp³-hybridized carbons (Fsp3) is 0.619. The number of fused-ring (bicyclic) bond motifs is 5. The van der Waals surface area contributed by atoms with Crippen LogP contribution in [0.15, 0.2) is 23.3 Å². The third-order valence-electron chi connectivity index (χ3n) is 7.52. The predicted octanol–water partition coefficient (Wildman–Crippen LogP) is 3.87. The van der Waals surface area contributed by atoms with Gasteiger partial charge in [-0.3, -0.25) is 9.59 Å². The van der Waals surface area contributed by atoms with Gasteiger partial charge in [-0.15, -0.1) is 6.42 Å². The van der Waals surface area contributed by atoms with E-state index in [9.17, 15) is 9.59 Å². The summed E-state index contributed by atoms with van der Waals surface area (Å²) >= 11 is 0. The van der Waals surface area contributed by atoms with Gasteiger partial charge in [0.05, 0.1) is 0 Å². The number of rotatable bonds is 0.